The largest absolute Gasteiger partial charge is 0.508 e. The summed E-state index contributed by atoms with van der Waals surface area (Å²) in [5.41, 5.74) is 6.39. The second-order valence-corrected chi connectivity index (χ2v) is 7.19. The lowest BCUT2D eigenvalue weighted by atomic mass is 9.99. The van der Waals surface area contributed by atoms with E-state index in [-0.39, 0.29) is 24.6 Å². The second-order valence-electron chi connectivity index (χ2n) is 7.19. The Balaban J connectivity index is 2.54. The molecule has 1 aromatic carbocycles. The average Bonchev–Trinajstić information content (AvgIpc) is 2.71. The van der Waals surface area contributed by atoms with Crippen LogP contribution >= 0.6 is 0 Å². The monoisotopic (exact) mass is 422 g/mol. The lowest BCUT2D eigenvalue weighted by Crippen LogP contribution is -2.53. The highest BCUT2D eigenvalue weighted by molar-refractivity contribution is 5.92. The molecule has 7 N–H and O–H groups in total. The van der Waals surface area contributed by atoms with Gasteiger partial charge in [-0.3, -0.25) is 14.4 Å². The first-order chi connectivity index (χ1) is 14.0. The van der Waals surface area contributed by atoms with Gasteiger partial charge in [0.1, 0.15) is 17.8 Å². The van der Waals surface area contributed by atoms with Gasteiger partial charge in [-0.2, -0.15) is 0 Å². The molecule has 0 saturated carbocycles. The normalized spacial score (nSPS) is 14.7. The van der Waals surface area contributed by atoms with Crippen LogP contribution in [0.2, 0.25) is 0 Å². The van der Waals surface area contributed by atoms with E-state index >= 15 is 0 Å². The molecule has 0 aliphatic heterocycles. The van der Waals surface area contributed by atoms with E-state index in [1.807, 2.05) is 13.8 Å². The molecule has 0 saturated heterocycles. The van der Waals surface area contributed by atoms with Crippen LogP contribution in [0.5, 0.6) is 5.75 Å². The Hall–Kier alpha value is -3.14. The van der Waals surface area contributed by atoms with E-state index in [0.29, 0.717) is 12.0 Å². The van der Waals surface area contributed by atoms with Crippen LogP contribution in [0.25, 0.3) is 0 Å². The van der Waals surface area contributed by atoms with Crippen molar-refractivity contribution >= 4 is 23.7 Å². The van der Waals surface area contributed by atoms with Gasteiger partial charge in [0, 0.05) is 6.42 Å². The maximum Gasteiger partial charge on any atom is 0.326 e. The molecule has 166 valence electrons. The Morgan fingerprint density at radius 2 is 1.63 bits per heavy atom. The van der Waals surface area contributed by atoms with E-state index in [4.69, 9.17) is 5.73 Å². The lowest BCUT2D eigenvalue weighted by molar-refractivity contribution is -0.142. The quantitative estimate of drug-likeness (QED) is 0.279. The maximum absolute atomic E-state index is 12.3. The molecule has 0 aromatic heterocycles. The molecule has 4 atom stereocenters. The van der Waals surface area contributed by atoms with Gasteiger partial charge in [0.05, 0.1) is 12.6 Å². The fourth-order valence-corrected chi connectivity index (χ4v) is 2.52. The van der Waals surface area contributed by atoms with Crippen molar-refractivity contribution in [3.8, 4) is 5.75 Å². The Kier molecular flexibility index (Phi) is 9.76. The van der Waals surface area contributed by atoms with Crippen LogP contribution in [-0.2, 0) is 25.6 Å². The molecule has 10 nitrogen and oxygen atoms in total. The highest BCUT2D eigenvalue weighted by Crippen LogP contribution is 2.11. The van der Waals surface area contributed by atoms with E-state index in [9.17, 15) is 29.4 Å². The molecule has 0 fully saturated rings. The summed E-state index contributed by atoms with van der Waals surface area (Å²) >= 11 is 0. The zero-order valence-electron chi connectivity index (χ0n) is 17.3. The number of carbonyl (C=O) groups is 4. The van der Waals surface area contributed by atoms with Crippen molar-refractivity contribution in [3.05, 3.63) is 29.8 Å². The Morgan fingerprint density at radius 3 is 2.17 bits per heavy atom. The number of carboxylic acids is 1. The van der Waals surface area contributed by atoms with Gasteiger partial charge in [0.2, 0.25) is 17.7 Å². The zero-order chi connectivity index (χ0) is 22.8. The predicted octanol–water partition coefficient (Wildman–Crippen LogP) is -0.502. The fourth-order valence-electron chi connectivity index (χ4n) is 2.52. The summed E-state index contributed by atoms with van der Waals surface area (Å²) in [7, 11) is 0. The molecule has 0 bridgehead atoms. The molecule has 0 radical (unpaired) electrons. The number of nitrogens with one attached hydrogen (secondary N) is 3. The van der Waals surface area contributed by atoms with Crippen LogP contribution in [0, 0.1) is 5.92 Å². The molecule has 1 aromatic rings. The second kappa shape index (κ2) is 11.8. The van der Waals surface area contributed by atoms with Gasteiger partial charge < -0.3 is 31.9 Å². The highest BCUT2D eigenvalue weighted by Gasteiger charge is 2.25. The first-order valence-corrected chi connectivity index (χ1v) is 9.68. The SMILES string of the molecule is CC[C@H](C)[C@H](N)C(=O)NCC(=O)N[C@@H](C)C(=O)N[C@@H](Cc1ccc(O)cc1)C(=O)O. The Morgan fingerprint density at radius 1 is 1.03 bits per heavy atom. The van der Waals surface area contributed by atoms with Crippen molar-refractivity contribution < 1.29 is 29.4 Å². The smallest absolute Gasteiger partial charge is 0.326 e. The number of carboxylic acid groups (broad SMARTS) is 1. The number of nitrogens with two attached hydrogens (primary N) is 1. The first-order valence-electron chi connectivity index (χ1n) is 9.68. The molecule has 0 aliphatic carbocycles. The molecular weight excluding hydrogens is 392 g/mol. The van der Waals surface area contributed by atoms with Crippen LogP contribution in [0.3, 0.4) is 0 Å². The third-order valence-electron chi connectivity index (χ3n) is 4.74. The molecule has 3 amide bonds. The van der Waals surface area contributed by atoms with Crippen LogP contribution in [0.15, 0.2) is 24.3 Å². The van der Waals surface area contributed by atoms with E-state index in [1.165, 1.54) is 19.1 Å². The van der Waals surface area contributed by atoms with E-state index in [0.717, 1.165) is 0 Å². The van der Waals surface area contributed by atoms with Crippen LogP contribution in [0.4, 0.5) is 0 Å². The number of aliphatic carboxylic acids is 1. The van der Waals surface area contributed by atoms with Crippen LogP contribution < -0.4 is 21.7 Å². The zero-order valence-corrected chi connectivity index (χ0v) is 17.3. The van der Waals surface area contributed by atoms with Gasteiger partial charge in [-0.1, -0.05) is 32.4 Å². The number of benzene rings is 1. The van der Waals surface area contributed by atoms with Gasteiger partial charge in [0.25, 0.3) is 0 Å². The van der Waals surface area contributed by atoms with E-state index < -0.39 is 41.8 Å². The minimum Gasteiger partial charge on any atom is -0.508 e. The summed E-state index contributed by atoms with van der Waals surface area (Å²) in [5, 5.41) is 25.8. The molecular formula is C20H30N4O6. The minimum atomic E-state index is -1.23. The Labute approximate surface area is 175 Å². The standard InChI is InChI=1S/C20H30N4O6/c1-4-11(2)17(21)19(28)22-10-16(26)23-12(3)18(27)24-15(20(29)30)9-13-5-7-14(25)8-6-13/h5-8,11-12,15,17,25H,4,9-10,21H2,1-3H3,(H,22,28)(H,23,26)(H,24,27)(H,29,30)/t11-,12-,15-,17-/m0/s1. The average molecular weight is 422 g/mol. The minimum absolute atomic E-state index is 0.00553. The van der Waals surface area contributed by atoms with Crippen molar-refractivity contribution in [3.63, 3.8) is 0 Å². The van der Waals surface area contributed by atoms with Crippen molar-refractivity contribution in [2.24, 2.45) is 11.7 Å². The lowest BCUT2D eigenvalue weighted by Gasteiger charge is -2.20. The third kappa shape index (κ3) is 8.08. The summed E-state index contributed by atoms with van der Waals surface area (Å²) in [6, 6.07) is 2.97. The number of hydrogen-bond donors (Lipinski definition) is 6. The number of rotatable bonds is 11. The molecule has 0 spiro atoms. The van der Waals surface area contributed by atoms with Gasteiger partial charge >= 0.3 is 5.97 Å². The van der Waals surface area contributed by atoms with E-state index in [1.54, 1.807) is 12.1 Å². The number of carbonyl (C=O) groups excluding carboxylic acids is 3. The van der Waals surface area contributed by atoms with Gasteiger partial charge in [-0.25, -0.2) is 4.79 Å². The highest BCUT2D eigenvalue weighted by atomic mass is 16.4. The maximum atomic E-state index is 12.3. The molecule has 30 heavy (non-hydrogen) atoms. The molecule has 0 aliphatic rings. The number of aromatic hydroxyl groups is 1. The van der Waals surface area contributed by atoms with Gasteiger partial charge in [0.15, 0.2) is 0 Å². The number of hydrogen-bond acceptors (Lipinski definition) is 6. The summed E-state index contributed by atoms with van der Waals surface area (Å²) in [5.74, 6) is -2.98. The summed E-state index contributed by atoms with van der Waals surface area (Å²) in [6.07, 6.45) is 0.721. The first kappa shape index (κ1) is 24.9. The predicted molar refractivity (Wildman–Crippen MR) is 109 cm³/mol. The van der Waals surface area contributed by atoms with Crippen LogP contribution in [-0.4, -0.2) is 58.6 Å². The molecule has 10 heteroatoms. The summed E-state index contributed by atoms with van der Waals surface area (Å²) in [4.78, 5) is 47.6. The molecule has 0 heterocycles. The molecule has 1 rings (SSSR count). The van der Waals surface area contributed by atoms with Gasteiger partial charge in [-0.15, -0.1) is 0 Å². The fraction of sp³-hybridized carbons (Fsp3) is 0.500. The van der Waals surface area contributed by atoms with Crippen LogP contribution in [0.1, 0.15) is 32.8 Å². The number of amides is 3. The topological polar surface area (TPSA) is 171 Å². The van der Waals surface area contributed by atoms with Gasteiger partial charge in [-0.05, 0) is 30.5 Å². The summed E-state index contributed by atoms with van der Waals surface area (Å²) < 4.78 is 0. The number of phenolic OH excluding ortho intramolecular Hbond substituents is 1. The Bertz CT molecular complexity index is 752. The third-order valence-corrected chi connectivity index (χ3v) is 4.74. The number of phenols is 1. The summed E-state index contributed by atoms with van der Waals surface area (Å²) in [6.45, 7) is 4.78. The van der Waals surface area contributed by atoms with E-state index in [2.05, 4.69) is 16.0 Å². The van der Waals surface area contributed by atoms with Crippen molar-refractivity contribution in [2.75, 3.05) is 6.54 Å². The van der Waals surface area contributed by atoms with Crippen molar-refractivity contribution in [1.29, 1.82) is 0 Å². The molecule has 0 unspecified atom stereocenters. The van der Waals surface area contributed by atoms with Crippen molar-refractivity contribution in [1.82, 2.24) is 16.0 Å². The van der Waals surface area contributed by atoms with Crippen molar-refractivity contribution in [2.45, 2.75) is 51.7 Å².